The predicted molar refractivity (Wildman–Crippen MR) is 129 cm³/mol. The second kappa shape index (κ2) is 10.4. The molecule has 1 aromatic heterocycles. The highest BCUT2D eigenvalue weighted by atomic mass is 16.5. The van der Waals surface area contributed by atoms with Crippen molar-refractivity contribution in [3.8, 4) is 11.5 Å². The molecule has 3 aromatic rings. The number of rotatable bonds is 8. The van der Waals surface area contributed by atoms with Gasteiger partial charge in [0.2, 0.25) is 0 Å². The molecule has 0 bridgehead atoms. The highest BCUT2D eigenvalue weighted by Crippen LogP contribution is 2.26. The molecule has 5 heteroatoms. The van der Waals surface area contributed by atoms with Crippen molar-refractivity contribution in [2.75, 3.05) is 5.32 Å². The van der Waals surface area contributed by atoms with Crippen molar-refractivity contribution in [3.05, 3.63) is 83.2 Å². The second-order valence-corrected chi connectivity index (χ2v) is 8.50. The summed E-state index contributed by atoms with van der Waals surface area (Å²) in [5.41, 5.74) is 3.95. The Labute approximate surface area is 190 Å². The fraction of sp³-hybridized carbons (Fsp3) is 0.333. The highest BCUT2D eigenvalue weighted by molar-refractivity contribution is 6.05. The van der Waals surface area contributed by atoms with Crippen molar-refractivity contribution in [3.63, 3.8) is 0 Å². The van der Waals surface area contributed by atoms with Gasteiger partial charge < -0.3 is 14.8 Å². The van der Waals surface area contributed by atoms with Gasteiger partial charge in [0.15, 0.2) is 0 Å². The number of carbonyl (C=O) groups is 1. The summed E-state index contributed by atoms with van der Waals surface area (Å²) >= 11 is 0. The third-order valence-corrected chi connectivity index (χ3v) is 5.12. The number of carbonyl (C=O) groups excluding carboxylic acids is 1. The minimum Gasteiger partial charge on any atom is -0.457 e. The molecule has 0 saturated heterocycles. The number of nitrogens with one attached hydrogen (secondary N) is 1. The summed E-state index contributed by atoms with van der Waals surface area (Å²) in [6.07, 6.45) is -0.0132. The lowest BCUT2D eigenvalue weighted by atomic mass is 10.0. The molecule has 0 fully saturated rings. The third kappa shape index (κ3) is 6.17. The van der Waals surface area contributed by atoms with Crippen LogP contribution in [-0.4, -0.2) is 17.0 Å². The van der Waals surface area contributed by atoms with Crippen LogP contribution in [0.15, 0.2) is 60.7 Å². The lowest BCUT2D eigenvalue weighted by Crippen LogP contribution is -2.16. The zero-order chi connectivity index (χ0) is 23.3. The van der Waals surface area contributed by atoms with Crippen LogP contribution in [0.3, 0.4) is 0 Å². The topological polar surface area (TPSA) is 60.5 Å². The van der Waals surface area contributed by atoms with Crippen molar-refractivity contribution in [1.82, 2.24) is 4.98 Å². The number of hydrogen-bond acceptors (Lipinski definition) is 4. The van der Waals surface area contributed by atoms with Gasteiger partial charge in [-0.1, -0.05) is 26.0 Å². The van der Waals surface area contributed by atoms with Gasteiger partial charge in [-0.2, -0.15) is 0 Å². The van der Waals surface area contributed by atoms with E-state index in [-0.39, 0.29) is 18.1 Å². The first-order chi connectivity index (χ1) is 15.2. The zero-order valence-electron chi connectivity index (χ0n) is 19.7. The standard InChI is InChI=1S/C27H32N2O3/c1-17(2)21-8-7-9-24(16-21)32-23-12-10-22(11-13-23)29-27(30)25-14-15-26(28-19(25)5)20(6)31-18(3)4/h7-18,20H,1-6H3,(H,29,30). The van der Waals surface area contributed by atoms with Crippen LogP contribution in [0.4, 0.5) is 5.69 Å². The molecule has 1 heterocycles. The minimum absolute atomic E-state index is 0.112. The van der Waals surface area contributed by atoms with Crippen LogP contribution in [0, 0.1) is 6.92 Å². The molecule has 0 radical (unpaired) electrons. The lowest BCUT2D eigenvalue weighted by molar-refractivity contribution is 0.0154. The Morgan fingerprint density at radius 3 is 2.25 bits per heavy atom. The van der Waals surface area contributed by atoms with Crippen LogP contribution in [0.1, 0.15) is 73.9 Å². The summed E-state index contributed by atoms with van der Waals surface area (Å²) in [4.78, 5) is 17.3. The Morgan fingerprint density at radius 2 is 1.62 bits per heavy atom. The Kier molecular flexibility index (Phi) is 7.65. The van der Waals surface area contributed by atoms with E-state index >= 15 is 0 Å². The van der Waals surface area contributed by atoms with E-state index < -0.39 is 0 Å². The molecule has 2 aromatic carbocycles. The number of nitrogens with zero attached hydrogens (tertiary/aromatic N) is 1. The maximum absolute atomic E-state index is 12.8. The van der Waals surface area contributed by atoms with E-state index in [2.05, 4.69) is 30.2 Å². The SMILES string of the molecule is Cc1nc(C(C)OC(C)C)ccc1C(=O)Nc1ccc(Oc2cccc(C(C)C)c2)cc1. The zero-order valence-corrected chi connectivity index (χ0v) is 19.7. The van der Waals surface area contributed by atoms with Gasteiger partial charge >= 0.3 is 0 Å². The molecule has 1 unspecified atom stereocenters. The van der Waals surface area contributed by atoms with Gasteiger partial charge in [-0.05, 0) is 87.7 Å². The number of amides is 1. The largest absolute Gasteiger partial charge is 0.457 e. The first kappa shape index (κ1) is 23.5. The monoisotopic (exact) mass is 432 g/mol. The summed E-state index contributed by atoms with van der Waals surface area (Å²) in [6.45, 7) is 12.1. The maximum Gasteiger partial charge on any atom is 0.257 e. The Bertz CT molecular complexity index is 1060. The second-order valence-electron chi connectivity index (χ2n) is 8.50. The molecule has 0 aliphatic rings. The minimum atomic E-state index is -0.197. The molecule has 32 heavy (non-hydrogen) atoms. The fourth-order valence-corrected chi connectivity index (χ4v) is 3.40. The van der Waals surface area contributed by atoms with Crippen LogP contribution < -0.4 is 10.1 Å². The Hall–Kier alpha value is -3.18. The number of aromatic nitrogens is 1. The van der Waals surface area contributed by atoms with Crippen molar-refractivity contribution in [2.24, 2.45) is 0 Å². The number of anilines is 1. The molecule has 0 saturated carbocycles. The Balaban J connectivity index is 1.65. The average Bonchev–Trinajstić information content (AvgIpc) is 2.74. The van der Waals surface area contributed by atoms with E-state index in [4.69, 9.17) is 9.47 Å². The lowest BCUT2D eigenvalue weighted by Gasteiger charge is -2.17. The van der Waals surface area contributed by atoms with E-state index in [0.29, 0.717) is 28.6 Å². The van der Waals surface area contributed by atoms with Gasteiger partial charge in [-0.15, -0.1) is 0 Å². The number of ether oxygens (including phenoxy) is 2. The van der Waals surface area contributed by atoms with Crippen LogP contribution in [0.5, 0.6) is 11.5 Å². The normalized spacial score (nSPS) is 12.1. The number of pyridine rings is 1. The quantitative estimate of drug-likeness (QED) is 0.414. The van der Waals surface area contributed by atoms with Crippen molar-refractivity contribution < 1.29 is 14.3 Å². The van der Waals surface area contributed by atoms with Crippen LogP contribution in [0.25, 0.3) is 0 Å². The van der Waals surface area contributed by atoms with Crippen molar-refractivity contribution >= 4 is 11.6 Å². The highest BCUT2D eigenvalue weighted by Gasteiger charge is 2.15. The molecule has 0 aliphatic heterocycles. The smallest absolute Gasteiger partial charge is 0.257 e. The van der Waals surface area contributed by atoms with Crippen molar-refractivity contribution in [1.29, 1.82) is 0 Å². The number of benzene rings is 2. The number of hydrogen-bond donors (Lipinski definition) is 1. The summed E-state index contributed by atoms with van der Waals surface area (Å²) in [7, 11) is 0. The van der Waals surface area contributed by atoms with Crippen LogP contribution >= 0.6 is 0 Å². The molecule has 0 aliphatic carbocycles. The van der Waals surface area contributed by atoms with E-state index in [1.54, 1.807) is 6.07 Å². The van der Waals surface area contributed by atoms with Gasteiger partial charge in [0.25, 0.3) is 5.91 Å². The summed E-state index contributed by atoms with van der Waals surface area (Å²) < 4.78 is 11.7. The van der Waals surface area contributed by atoms with E-state index in [9.17, 15) is 4.79 Å². The van der Waals surface area contributed by atoms with E-state index in [1.807, 2.05) is 76.2 Å². The molecule has 0 spiro atoms. The molecule has 1 amide bonds. The molecule has 5 nitrogen and oxygen atoms in total. The molecule has 1 atom stereocenters. The molecule has 1 N–H and O–H groups in total. The van der Waals surface area contributed by atoms with Gasteiger partial charge in [0.1, 0.15) is 11.5 Å². The third-order valence-electron chi connectivity index (χ3n) is 5.12. The fourth-order valence-electron chi connectivity index (χ4n) is 3.40. The predicted octanol–water partition coefficient (Wildman–Crippen LogP) is 7.04. The summed E-state index contributed by atoms with van der Waals surface area (Å²) in [5, 5.41) is 2.93. The number of aryl methyl sites for hydroxylation is 1. The average molecular weight is 433 g/mol. The van der Waals surface area contributed by atoms with Gasteiger partial charge in [0, 0.05) is 5.69 Å². The van der Waals surface area contributed by atoms with Gasteiger partial charge in [-0.25, -0.2) is 0 Å². The van der Waals surface area contributed by atoms with Gasteiger partial charge in [-0.3, -0.25) is 9.78 Å². The first-order valence-corrected chi connectivity index (χ1v) is 11.0. The first-order valence-electron chi connectivity index (χ1n) is 11.0. The molecular formula is C27H32N2O3. The van der Waals surface area contributed by atoms with E-state index in [0.717, 1.165) is 11.4 Å². The molecule has 168 valence electrons. The molecular weight excluding hydrogens is 400 g/mol. The van der Waals surface area contributed by atoms with Crippen molar-refractivity contribution in [2.45, 2.75) is 59.7 Å². The summed E-state index contributed by atoms with van der Waals surface area (Å²) in [6, 6.07) is 19.1. The van der Waals surface area contributed by atoms with Crippen LogP contribution in [-0.2, 0) is 4.74 Å². The van der Waals surface area contributed by atoms with Gasteiger partial charge in [0.05, 0.1) is 29.2 Å². The van der Waals surface area contributed by atoms with E-state index in [1.165, 1.54) is 5.56 Å². The Morgan fingerprint density at radius 1 is 0.906 bits per heavy atom. The molecule has 3 rings (SSSR count). The maximum atomic E-state index is 12.8. The summed E-state index contributed by atoms with van der Waals surface area (Å²) in [5.74, 6) is 1.75. The van der Waals surface area contributed by atoms with Crippen LogP contribution in [0.2, 0.25) is 0 Å².